The highest BCUT2D eigenvalue weighted by Crippen LogP contribution is 2.23. The first-order chi connectivity index (χ1) is 14.1. The number of H-pyrrole nitrogens is 1. The van der Waals surface area contributed by atoms with Crippen LogP contribution in [0, 0.1) is 0 Å². The van der Waals surface area contributed by atoms with Crippen molar-refractivity contribution in [3.8, 4) is 5.75 Å². The van der Waals surface area contributed by atoms with E-state index >= 15 is 0 Å². The molecule has 10 heteroatoms. The molecule has 0 radical (unpaired) electrons. The summed E-state index contributed by atoms with van der Waals surface area (Å²) in [5.74, 6) is -2.64. The molecule has 0 aliphatic carbocycles. The molecule has 3 N–H and O–H groups in total. The molecule has 0 spiro atoms. The van der Waals surface area contributed by atoms with Crippen LogP contribution in [0.3, 0.4) is 0 Å². The number of benzene rings is 2. The summed E-state index contributed by atoms with van der Waals surface area (Å²) in [4.78, 5) is 38.5. The zero-order valence-electron chi connectivity index (χ0n) is 15.2. The number of carboxylic acids is 1. The molecule has 0 saturated carbocycles. The number of hydrogen-bond donors (Lipinski definition) is 3. The Bertz CT molecular complexity index is 1140. The van der Waals surface area contributed by atoms with E-state index in [1.54, 1.807) is 24.3 Å². The van der Waals surface area contributed by atoms with E-state index in [0.29, 0.717) is 16.5 Å². The van der Waals surface area contributed by atoms with E-state index in [1.807, 2.05) is 0 Å². The maximum absolute atomic E-state index is 12.4. The third kappa shape index (κ3) is 5.16. The van der Waals surface area contributed by atoms with Crippen molar-refractivity contribution in [3.05, 3.63) is 76.1 Å². The summed E-state index contributed by atoms with van der Waals surface area (Å²) in [6.45, 7) is 0. The number of carbonyl (C=O) groups is 2. The Morgan fingerprint density at radius 1 is 1.10 bits per heavy atom. The van der Waals surface area contributed by atoms with Gasteiger partial charge in [-0.1, -0.05) is 18.2 Å². The highest BCUT2D eigenvalue weighted by atomic mass is 19.4. The van der Waals surface area contributed by atoms with Gasteiger partial charge in [-0.25, -0.2) is 4.79 Å². The SMILES string of the molecule is O=C(NC(Cc1cc(=O)[nH]c2ccccc12)C(=O)O)c1ccc(OC(F)(F)F)cc1. The van der Waals surface area contributed by atoms with Crippen LogP contribution < -0.4 is 15.6 Å². The number of pyridine rings is 1. The van der Waals surface area contributed by atoms with Gasteiger partial charge >= 0.3 is 12.3 Å². The molecule has 0 aliphatic heterocycles. The van der Waals surface area contributed by atoms with Gasteiger partial charge in [0.2, 0.25) is 5.56 Å². The molecule has 0 fully saturated rings. The molecule has 1 unspecified atom stereocenters. The maximum atomic E-state index is 12.4. The van der Waals surface area contributed by atoms with E-state index in [1.165, 1.54) is 6.07 Å². The second-order valence-corrected chi connectivity index (χ2v) is 6.35. The Hall–Kier alpha value is -3.82. The lowest BCUT2D eigenvalue weighted by molar-refractivity contribution is -0.274. The van der Waals surface area contributed by atoms with Crippen LogP contribution >= 0.6 is 0 Å². The summed E-state index contributed by atoms with van der Waals surface area (Å²) < 4.78 is 40.4. The largest absolute Gasteiger partial charge is 0.573 e. The Balaban J connectivity index is 1.79. The summed E-state index contributed by atoms with van der Waals surface area (Å²) in [5.41, 5.74) is 0.484. The summed E-state index contributed by atoms with van der Waals surface area (Å²) in [5, 5.41) is 12.4. The molecule has 3 rings (SSSR count). The van der Waals surface area contributed by atoms with Gasteiger partial charge in [0.1, 0.15) is 11.8 Å². The number of alkyl halides is 3. The van der Waals surface area contributed by atoms with E-state index in [-0.39, 0.29) is 12.0 Å². The number of nitrogens with one attached hydrogen (secondary N) is 2. The average molecular weight is 420 g/mol. The molecule has 0 aliphatic rings. The van der Waals surface area contributed by atoms with Gasteiger partial charge in [0.25, 0.3) is 5.91 Å². The van der Waals surface area contributed by atoms with E-state index in [4.69, 9.17) is 0 Å². The number of rotatable bonds is 6. The lowest BCUT2D eigenvalue weighted by atomic mass is 10.0. The number of carboxylic acid groups (broad SMARTS) is 1. The molecule has 30 heavy (non-hydrogen) atoms. The highest BCUT2D eigenvalue weighted by molar-refractivity contribution is 5.97. The lowest BCUT2D eigenvalue weighted by Crippen LogP contribution is -2.42. The topological polar surface area (TPSA) is 108 Å². The van der Waals surface area contributed by atoms with Crippen molar-refractivity contribution >= 4 is 22.8 Å². The van der Waals surface area contributed by atoms with Gasteiger partial charge in [-0.2, -0.15) is 0 Å². The normalized spacial score (nSPS) is 12.4. The van der Waals surface area contributed by atoms with Crippen molar-refractivity contribution in [1.82, 2.24) is 10.3 Å². The Kier molecular flexibility index (Phi) is 5.77. The van der Waals surface area contributed by atoms with Crippen molar-refractivity contribution in [2.75, 3.05) is 0 Å². The number of ether oxygens (including phenoxy) is 1. The van der Waals surface area contributed by atoms with Gasteiger partial charge in [-0.15, -0.1) is 13.2 Å². The number of fused-ring (bicyclic) bond motifs is 1. The van der Waals surface area contributed by atoms with Crippen LogP contribution in [0.1, 0.15) is 15.9 Å². The standard InChI is InChI=1S/C20H15F3N2O5/c21-20(22,23)30-13-7-5-11(6-8-13)18(27)25-16(19(28)29)9-12-10-17(26)24-15-4-2-1-3-14(12)15/h1-8,10,16H,9H2,(H,24,26)(H,25,27)(H,28,29). The van der Waals surface area contributed by atoms with Gasteiger partial charge in [0.05, 0.1) is 0 Å². The van der Waals surface area contributed by atoms with E-state index in [9.17, 15) is 32.7 Å². The molecule has 0 bridgehead atoms. The third-order valence-electron chi connectivity index (χ3n) is 4.21. The van der Waals surface area contributed by atoms with E-state index in [0.717, 1.165) is 24.3 Å². The molecular formula is C20H15F3N2O5. The second-order valence-electron chi connectivity index (χ2n) is 6.35. The first-order valence-electron chi connectivity index (χ1n) is 8.63. The number of amides is 1. The number of carbonyl (C=O) groups excluding carboxylic acids is 1. The Labute approximate surface area is 167 Å². The molecule has 1 amide bonds. The fraction of sp³-hybridized carbons (Fsp3) is 0.150. The highest BCUT2D eigenvalue weighted by Gasteiger charge is 2.31. The Morgan fingerprint density at radius 2 is 1.77 bits per heavy atom. The number of aliphatic carboxylic acids is 1. The molecule has 0 saturated heterocycles. The second kappa shape index (κ2) is 8.27. The zero-order valence-corrected chi connectivity index (χ0v) is 15.2. The third-order valence-corrected chi connectivity index (χ3v) is 4.21. The molecule has 156 valence electrons. The number of aromatic amines is 1. The summed E-state index contributed by atoms with van der Waals surface area (Å²) in [7, 11) is 0. The van der Waals surface area contributed by atoms with Crippen LogP contribution in [0.25, 0.3) is 10.9 Å². The summed E-state index contributed by atoms with van der Waals surface area (Å²) in [6, 6.07) is 10.8. The van der Waals surface area contributed by atoms with Crippen LogP contribution in [-0.4, -0.2) is 34.4 Å². The number of aromatic nitrogens is 1. The molecular weight excluding hydrogens is 405 g/mol. The number of halogens is 3. The van der Waals surface area contributed by atoms with E-state index in [2.05, 4.69) is 15.0 Å². The fourth-order valence-corrected chi connectivity index (χ4v) is 2.92. The first-order valence-corrected chi connectivity index (χ1v) is 8.63. The van der Waals surface area contributed by atoms with Crippen molar-refractivity contribution in [2.24, 2.45) is 0 Å². The lowest BCUT2D eigenvalue weighted by Gasteiger charge is -2.16. The van der Waals surface area contributed by atoms with E-state index < -0.39 is 35.6 Å². The molecule has 1 aromatic heterocycles. The smallest absolute Gasteiger partial charge is 0.480 e. The van der Waals surface area contributed by atoms with Crippen LogP contribution in [0.15, 0.2) is 59.4 Å². The molecule has 1 heterocycles. The quantitative estimate of drug-likeness (QED) is 0.568. The molecule has 3 aromatic rings. The van der Waals surface area contributed by atoms with Crippen LogP contribution in [0.4, 0.5) is 13.2 Å². The molecule has 7 nitrogen and oxygen atoms in total. The maximum Gasteiger partial charge on any atom is 0.573 e. The van der Waals surface area contributed by atoms with Gasteiger partial charge < -0.3 is 20.1 Å². The van der Waals surface area contributed by atoms with Crippen molar-refractivity contribution < 1.29 is 32.6 Å². The minimum absolute atomic E-state index is 0.0495. The summed E-state index contributed by atoms with van der Waals surface area (Å²) in [6.07, 6.45) is -5.03. The van der Waals surface area contributed by atoms with Gasteiger partial charge in [0, 0.05) is 29.0 Å². The predicted molar refractivity (Wildman–Crippen MR) is 100 cm³/mol. The van der Waals surface area contributed by atoms with Crippen molar-refractivity contribution in [1.29, 1.82) is 0 Å². The number of para-hydroxylation sites is 1. The van der Waals surface area contributed by atoms with Crippen LogP contribution in [-0.2, 0) is 11.2 Å². The van der Waals surface area contributed by atoms with Crippen molar-refractivity contribution in [2.45, 2.75) is 18.8 Å². The fourth-order valence-electron chi connectivity index (χ4n) is 2.92. The zero-order chi connectivity index (χ0) is 21.9. The van der Waals surface area contributed by atoms with Gasteiger partial charge in [-0.3, -0.25) is 9.59 Å². The monoisotopic (exact) mass is 420 g/mol. The van der Waals surface area contributed by atoms with Crippen molar-refractivity contribution in [3.63, 3.8) is 0 Å². The summed E-state index contributed by atoms with van der Waals surface area (Å²) >= 11 is 0. The van der Waals surface area contributed by atoms with Gasteiger partial charge in [0.15, 0.2) is 0 Å². The molecule has 1 atom stereocenters. The average Bonchev–Trinajstić information content (AvgIpc) is 2.66. The molecule has 2 aromatic carbocycles. The Morgan fingerprint density at radius 3 is 2.40 bits per heavy atom. The van der Waals surface area contributed by atoms with Crippen LogP contribution in [0.2, 0.25) is 0 Å². The predicted octanol–water partition coefficient (Wildman–Crippen LogP) is 2.85. The van der Waals surface area contributed by atoms with Gasteiger partial charge in [-0.05, 0) is 35.9 Å². The van der Waals surface area contributed by atoms with Crippen LogP contribution in [0.5, 0.6) is 5.75 Å². The number of hydrogen-bond acceptors (Lipinski definition) is 4. The minimum atomic E-state index is -4.87. The minimum Gasteiger partial charge on any atom is -0.480 e. The first kappa shape index (κ1) is 20.9.